The van der Waals surface area contributed by atoms with Crippen molar-refractivity contribution < 1.29 is 21.2 Å². The number of halogens is 1. The first-order valence-corrected chi connectivity index (χ1v) is 8.74. The lowest BCUT2D eigenvalue weighted by Gasteiger charge is -2.18. The van der Waals surface area contributed by atoms with Crippen LogP contribution in [-0.2, 0) is 19.9 Å². The first-order chi connectivity index (χ1) is 8.55. The van der Waals surface area contributed by atoms with Gasteiger partial charge >= 0.3 is 0 Å². The molecule has 0 atom stereocenters. The summed E-state index contributed by atoms with van der Waals surface area (Å²) in [6, 6.07) is 3.54. The topological polar surface area (TPSA) is 97.5 Å². The SMILES string of the molecule is CN(CCS(C)(=O)=O)S(=O)(=O)c1c(N)cccc1F. The number of sulfone groups is 1. The fourth-order valence-corrected chi connectivity index (χ4v) is 3.41. The summed E-state index contributed by atoms with van der Waals surface area (Å²) in [6.07, 6.45) is 0.991. The lowest BCUT2D eigenvalue weighted by atomic mass is 10.3. The van der Waals surface area contributed by atoms with E-state index in [4.69, 9.17) is 5.73 Å². The molecule has 2 N–H and O–H groups in total. The molecular weight excluding hydrogens is 295 g/mol. The lowest BCUT2D eigenvalue weighted by Crippen LogP contribution is -2.32. The molecule has 0 aliphatic carbocycles. The van der Waals surface area contributed by atoms with E-state index in [2.05, 4.69) is 0 Å². The molecule has 1 aromatic rings. The number of hydrogen-bond donors (Lipinski definition) is 1. The van der Waals surface area contributed by atoms with Crippen LogP contribution in [0.3, 0.4) is 0 Å². The normalized spacial score (nSPS) is 12.8. The number of rotatable bonds is 5. The van der Waals surface area contributed by atoms with E-state index in [0.717, 1.165) is 16.6 Å². The van der Waals surface area contributed by atoms with Crippen LogP contribution in [0.15, 0.2) is 23.1 Å². The van der Waals surface area contributed by atoms with E-state index in [9.17, 15) is 21.2 Å². The predicted octanol–water partition coefficient (Wildman–Crippen LogP) is 0.0730. The predicted molar refractivity (Wildman–Crippen MR) is 70.3 cm³/mol. The van der Waals surface area contributed by atoms with E-state index < -0.39 is 30.6 Å². The molecule has 0 aromatic heterocycles. The average molecular weight is 310 g/mol. The summed E-state index contributed by atoms with van der Waals surface area (Å²) in [5.74, 6) is -1.32. The molecule has 6 nitrogen and oxygen atoms in total. The number of hydrogen-bond acceptors (Lipinski definition) is 5. The molecule has 0 aliphatic rings. The van der Waals surface area contributed by atoms with Crippen molar-refractivity contribution in [3.63, 3.8) is 0 Å². The molecule has 0 bridgehead atoms. The van der Waals surface area contributed by atoms with Gasteiger partial charge in [-0.2, -0.15) is 4.31 Å². The Morgan fingerprint density at radius 3 is 2.32 bits per heavy atom. The molecule has 0 saturated carbocycles. The van der Waals surface area contributed by atoms with Crippen LogP contribution in [0, 0.1) is 5.82 Å². The maximum atomic E-state index is 13.6. The van der Waals surface area contributed by atoms with Gasteiger partial charge in [0, 0.05) is 19.8 Å². The molecule has 0 heterocycles. The van der Waals surface area contributed by atoms with E-state index in [0.29, 0.717) is 0 Å². The van der Waals surface area contributed by atoms with E-state index >= 15 is 0 Å². The molecule has 19 heavy (non-hydrogen) atoms. The van der Waals surface area contributed by atoms with Crippen molar-refractivity contribution in [2.24, 2.45) is 0 Å². The van der Waals surface area contributed by atoms with Crippen molar-refractivity contribution >= 4 is 25.5 Å². The third-order valence-corrected chi connectivity index (χ3v) is 5.32. The van der Waals surface area contributed by atoms with Crippen LogP contribution < -0.4 is 5.73 Å². The Labute approximate surface area is 112 Å². The number of anilines is 1. The summed E-state index contributed by atoms with van der Waals surface area (Å²) in [6.45, 7) is -0.269. The summed E-state index contributed by atoms with van der Waals surface area (Å²) in [5.41, 5.74) is 5.25. The number of sulfonamides is 1. The highest BCUT2D eigenvalue weighted by atomic mass is 32.2. The highest BCUT2D eigenvalue weighted by Gasteiger charge is 2.27. The third-order valence-electron chi connectivity index (χ3n) is 2.44. The Morgan fingerprint density at radius 1 is 1.26 bits per heavy atom. The molecule has 0 spiro atoms. The minimum atomic E-state index is -4.15. The summed E-state index contributed by atoms with van der Waals surface area (Å²) in [7, 11) is -6.29. The zero-order valence-electron chi connectivity index (χ0n) is 10.5. The van der Waals surface area contributed by atoms with E-state index in [1.165, 1.54) is 19.2 Å². The third kappa shape index (κ3) is 3.88. The Kier molecular flexibility index (Phi) is 4.54. The first kappa shape index (κ1) is 15.9. The minimum Gasteiger partial charge on any atom is -0.398 e. The van der Waals surface area contributed by atoms with E-state index in [-0.39, 0.29) is 18.0 Å². The Hall–Kier alpha value is -1.19. The number of nitrogen functional groups attached to an aromatic ring is 1. The Bertz CT molecular complexity index is 651. The van der Waals surface area contributed by atoms with Gasteiger partial charge in [-0.15, -0.1) is 0 Å². The van der Waals surface area contributed by atoms with Gasteiger partial charge in [0.25, 0.3) is 0 Å². The Balaban J connectivity index is 3.11. The number of benzene rings is 1. The van der Waals surface area contributed by atoms with Crippen LogP contribution in [0.5, 0.6) is 0 Å². The zero-order chi connectivity index (χ0) is 14.8. The van der Waals surface area contributed by atoms with Gasteiger partial charge in [-0.1, -0.05) is 6.07 Å². The van der Waals surface area contributed by atoms with Gasteiger partial charge in [0.05, 0.1) is 11.4 Å². The van der Waals surface area contributed by atoms with E-state index in [1.807, 2.05) is 0 Å². The summed E-state index contributed by atoms with van der Waals surface area (Å²) < 4.78 is 60.6. The molecule has 108 valence electrons. The van der Waals surface area contributed by atoms with Crippen LogP contribution in [0.25, 0.3) is 0 Å². The maximum Gasteiger partial charge on any atom is 0.247 e. The van der Waals surface area contributed by atoms with Gasteiger partial charge in [0.1, 0.15) is 20.5 Å². The largest absolute Gasteiger partial charge is 0.398 e. The van der Waals surface area contributed by atoms with Crippen LogP contribution in [0.1, 0.15) is 0 Å². The van der Waals surface area contributed by atoms with Crippen molar-refractivity contribution in [1.29, 1.82) is 0 Å². The monoisotopic (exact) mass is 310 g/mol. The fourth-order valence-electron chi connectivity index (χ4n) is 1.37. The summed E-state index contributed by atoms with van der Waals surface area (Å²) in [4.78, 5) is -0.633. The van der Waals surface area contributed by atoms with Gasteiger partial charge in [0.15, 0.2) is 0 Å². The molecule has 0 unspecified atom stereocenters. The minimum absolute atomic E-state index is 0.216. The van der Waals surface area contributed by atoms with Crippen LogP contribution in [-0.4, -0.2) is 46.7 Å². The fraction of sp³-hybridized carbons (Fsp3) is 0.400. The van der Waals surface area contributed by atoms with Crippen LogP contribution in [0.2, 0.25) is 0 Å². The van der Waals surface area contributed by atoms with Crippen molar-refractivity contribution in [2.75, 3.05) is 31.3 Å². The second-order valence-electron chi connectivity index (χ2n) is 4.11. The molecule has 0 amide bonds. The molecule has 0 saturated heterocycles. The van der Waals surface area contributed by atoms with Gasteiger partial charge in [-0.25, -0.2) is 21.2 Å². The van der Waals surface area contributed by atoms with Crippen molar-refractivity contribution in [2.45, 2.75) is 4.90 Å². The number of nitrogens with zero attached hydrogens (tertiary/aromatic N) is 1. The molecule has 0 fully saturated rings. The number of nitrogens with two attached hydrogens (primary N) is 1. The first-order valence-electron chi connectivity index (χ1n) is 5.24. The molecule has 1 aromatic carbocycles. The van der Waals surface area contributed by atoms with Crippen LogP contribution >= 0.6 is 0 Å². The maximum absolute atomic E-state index is 13.6. The molecule has 0 radical (unpaired) electrons. The van der Waals surface area contributed by atoms with Gasteiger partial charge < -0.3 is 5.73 Å². The summed E-state index contributed by atoms with van der Waals surface area (Å²) >= 11 is 0. The lowest BCUT2D eigenvalue weighted by molar-refractivity contribution is 0.477. The second kappa shape index (κ2) is 5.43. The molecule has 0 aliphatic heterocycles. The van der Waals surface area contributed by atoms with Crippen LogP contribution in [0.4, 0.5) is 10.1 Å². The van der Waals surface area contributed by atoms with Gasteiger partial charge in [-0.3, -0.25) is 0 Å². The zero-order valence-corrected chi connectivity index (χ0v) is 12.1. The smallest absolute Gasteiger partial charge is 0.247 e. The molecule has 9 heteroatoms. The second-order valence-corrected chi connectivity index (χ2v) is 8.36. The van der Waals surface area contributed by atoms with E-state index in [1.54, 1.807) is 0 Å². The molecule has 1 rings (SSSR count). The average Bonchev–Trinajstić information content (AvgIpc) is 2.24. The highest BCUT2D eigenvalue weighted by molar-refractivity contribution is 7.91. The quantitative estimate of drug-likeness (QED) is 0.776. The standard InChI is InChI=1S/C10H15FN2O4S2/c1-13(6-7-18(2,14)15)19(16,17)10-8(11)4-3-5-9(10)12/h3-5H,6-7,12H2,1-2H3. The van der Waals surface area contributed by atoms with Crippen molar-refractivity contribution in [1.82, 2.24) is 4.31 Å². The summed E-state index contributed by atoms with van der Waals surface area (Å²) in [5, 5.41) is 0. The van der Waals surface area contributed by atoms with Crippen molar-refractivity contribution in [3.05, 3.63) is 24.0 Å². The Morgan fingerprint density at radius 2 is 1.84 bits per heavy atom. The van der Waals surface area contributed by atoms with Crippen molar-refractivity contribution in [3.8, 4) is 0 Å². The highest BCUT2D eigenvalue weighted by Crippen LogP contribution is 2.24. The van der Waals surface area contributed by atoms with Gasteiger partial charge in [-0.05, 0) is 12.1 Å². The molecular formula is C10H15FN2O4S2. The van der Waals surface area contributed by atoms with Gasteiger partial charge in [0.2, 0.25) is 10.0 Å².